The molecule has 1 atom stereocenters. The van der Waals surface area contributed by atoms with Crippen LogP contribution in [0.1, 0.15) is 18.6 Å². The van der Waals surface area contributed by atoms with Crippen molar-refractivity contribution in [2.24, 2.45) is 12.0 Å². The maximum absolute atomic E-state index is 12.9. The number of hydrogen-bond donors (Lipinski definition) is 1. The van der Waals surface area contributed by atoms with Gasteiger partial charge in [0, 0.05) is 39.8 Å². The maximum atomic E-state index is 12.9. The Morgan fingerprint density at radius 3 is 2.46 bits per heavy atom. The Balaban J connectivity index is 2.02. The molecule has 0 bridgehead atoms. The second-order valence-corrected chi connectivity index (χ2v) is 6.27. The molecule has 0 amide bonds. The van der Waals surface area contributed by atoms with Crippen LogP contribution in [0.3, 0.4) is 0 Å². The van der Waals surface area contributed by atoms with Crippen molar-refractivity contribution in [3.8, 4) is 0 Å². The average molecular weight is 373 g/mol. The molecule has 1 fully saturated rings. The number of aryl methyl sites for hydroxylation is 1. The number of aliphatic imine (C=N–C) groups is 1. The fourth-order valence-electron chi connectivity index (χ4n) is 2.69. The molecule has 1 aliphatic rings. The summed E-state index contributed by atoms with van der Waals surface area (Å²) in [6, 6.07) is -1.44. The van der Waals surface area contributed by atoms with Crippen molar-refractivity contribution in [1.29, 1.82) is 0 Å². The third-order valence-electron chi connectivity index (χ3n) is 4.59. The SMILES string of the molecule is C=CCNC(=NCc1nnc(C)n1C)N1CCN(C(C)C(F)(F)F)CC1. The molecule has 1 saturated heterocycles. The van der Waals surface area contributed by atoms with E-state index in [0.717, 1.165) is 11.6 Å². The zero-order valence-electron chi connectivity index (χ0n) is 15.4. The number of nitrogens with one attached hydrogen (secondary N) is 1. The number of hydrogen-bond acceptors (Lipinski definition) is 4. The van der Waals surface area contributed by atoms with Crippen LogP contribution >= 0.6 is 0 Å². The van der Waals surface area contributed by atoms with Gasteiger partial charge in [-0.15, -0.1) is 16.8 Å². The van der Waals surface area contributed by atoms with Crippen LogP contribution < -0.4 is 5.32 Å². The predicted molar refractivity (Wildman–Crippen MR) is 93.7 cm³/mol. The highest BCUT2D eigenvalue weighted by atomic mass is 19.4. The lowest BCUT2D eigenvalue weighted by Gasteiger charge is -2.39. The van der Waals surface area contributed by atoms with Crippen LogP contribution in [-0.4, -0.2) is 75.5 Å². The minimum atomic E-state index is -4.21. The van der Waals surface area contributed by atoms with E-state index in [1.807, 2.05) is 23.4 Å². The van der Waals surface area contributed by atoms with Crippen LogP contribution in [-0.2, 0) is 13.6 Å². The van der Waals surface area contributed by atoms with Crippen LogP contribution in [0.5, 0.6) is 0 Å². The minimum Gasteiger partial charge on any atom is -0.353 e. The van der Waals surface area contributed by atoms with Gasteiger partial charge in [0.25, 0.3) is 0 Å². The van der Waals surface area contributed by atoms with Crippen LogP contribution in [0.15, 0.2) is 17.6 Å². The summed E-state index contributed by atoms with van der Waals surface area (Å²) < 4.78 is 40.5. The molecular weight excluding hydrogens is 347 g/mol. The van der Waals surface area contributed by atoms with Crippen molar-refractivity contribution in [2.75, 3.05) is 32.7 Å². The lowest BCUT2D eigenvalue weighted by atomic mass is 10.2. The Kier molecular flexibility index (Phi) is 6.63. The van der Waals surface area contributed by atoms with Crippen molar-refractivity contribution in [3.05, 3.63) is 24.3 Å². The third-order valence-corrected chi connectivity index (χ3v) is 4.59. The summed E-state index contributed by atoms with van der Waals surface area (Å²) >= 11 is 0. The van der Waals surface area contributed by atoms with E-state index in [9.17, 15) is 13.2 Å². The Labute approximate surface area is 151 Å². The van der Waals surface area contributed by atoms with E-state index in [2.05, 4.69) is 27.1 Å². The van der Waals surface area contributed by atoms with Crippen LogP contribution in [0.2, 0.25) is 0 Å². The summed E-state index contributed by atoms with van der Waals surface area (Å²) in [6.45, 7) is 9.22. The number of piperazine rings is 1. The van der Waals surface area contributed by atoms with E-state index in [0.29, 0.717) is 45.2 Å². The summed E-state index contributed by atoms with van der Waals surface area (Å²) in [5.74, 6) is 2.17. The van der Waals surface area contributed by atoms with Crippen LogP contribution in [0.4, 0.5) is 13.2 Å². The molecule has 146 valence electrons. The Morgan fingerprint density at radius 2 is 1.96 bits per heavy atom. The first-order valence-corrected chi connectivity index (χ1v) is 8.53. The molecule has 0 spiro atoms. The summed E-state index contributed by atoms with van der Waals surface area (Å²) in [5, 5.41) is 11.3. The second kappa shape index (κ2) is 8.52. The molecule has 1 N–H and O–H groups in total. The van der Waals surface area contributed by atoms with Crippen LogP contribution in [0.25, 0.3) is 0 Å². The zero-order chi connectivity index (χ0) is 19.3. The first-order valence-electron chi connectivity index (χ1n) is 8.53. The maximum Gasteiger partial charge on any atom is 0.403 e. The van der Waals surface area contributed by atoms with Gasteiger partial charge in [-0.3, -0.25) is 4.90 Å². The quantitative estimate of drug-likeness (QED) is 0.479. The molecule has 1 aromatic rings. The number of alkyl halides is 3. The van der Waals surface area contributed by atoms with E-state index in [4.69, 9.17) is 0 Å². The first-order chi connectivity index (χ1) is 12.2. The van der Waals surface area contributed by atoms with Crippen molar-refractivity contribution in [3.63, 3.8) is 0 Å². The molecule has 2 heterocycles. The van der Waals surface area contributed by atoms with Crippen molar-refractivity contribution >= 4 is 5.96 Å². The van der Waals surface area contributed by atoms with E-state index in [1.165, 1.54) is 11.8 Å². The highest BCUT2D eigenvalue weighted by Gasteiger charge is 2.41. The van der Waals surface area contributed by atoms with Crippen LogP contribution in [0, 0.1) is 6.92 Å². The van der Waals surface area contributed by atoms with Gasteiger partial charge in [0.1, 0.15) is 18.4 Å². The van der Waals surface area contributed by atoms with Gasteiger partial charge in [0.05, 0.1) is 0 Å². The highest BCUT2D eigenvalue weighted by molar-refractivity contribution is 5.80. The molecule has 0 radical (unpaired) electrons. The summed E-state index contributed by atoms with van der Waals surface area (Å²) in [7, 11) is 1.87. The molecule has 2 rings (SSSR count). The summed E-state index contributed by atoms with van der Waals surface area (Å²) in [6.07, 6.45) is -2.49. The molecule has 1 unspecified atom stereocenters. The zero-order valence-corrected chi connectivity index (χ0v) is 15.4. The lowest BCUT2D eigenvalue weighted by molar-refractivity contribution is -0.181. The van der Waals surface area contributed by atoms with Crippen molar-refractivity contribution in [1.82, 2.24) is 29.9 Å². The lowest BCUT2D eigenvalue weighted by Crippen LogP contribution is -2.56. The molecule has 0 aliphatic carbocycles. The molecular formula is C16H26F3N7. The minimum absolute atomic E-state index is 0.332. The predicted octanol–water partition coefficient (Wildman–Crippen LogP) is 1.32. The average Bonchev–Trinajstić information content (AvgIpc) is 2.92. The molecule has 1 aliphatic heterocycles. The largest absolute Gasteiger partial charge is 0.403 e. The molecule has 1 aromatic heterocycles. The molecule has 7 nitrogen and oxygen atoms in total. The topological polar surface area (TPSA) is 61.6 Å². The molecule has 26 heavy (non-hydrogen) atoms. The van der Waals surface area contributed by atoms with Gasteiger partial charge in [0.2, 0.25) is 0 Å². The number of halogens is 3. The fraction of sp³-hybridized carbons (Fsp3) is 0.688. The normalized spacial score (nSPS) is 18.1. The van der Waals surface area contributed by atoms with Gasteiger partial charge in [-0.25, -0.2) is 4.99 Å². The number of guanidine groups is 1. The fourth-order valence-corrected chi connectivity index (χ4v) is 2.69. The number of aromatic nitrogens is 3. The summed E-state index contributed by atoms with van der Waals surface area (Å²) in [4.78, 5) is 7.98. The molecule has 0 saturated carbocycles. The second-order valence-electron chi connectivity index (χ2n) is 6.27. The van der Waals surface area contributed by atoms with Gasteiger partial charge >= 0.3 is 6.18 Å². The smallest absolute Gasteiger partial charge is 0.353 e. The van der Waals surface area contributed by atoms with E-state index >= 15 is 0 Å². The Bertz CT molecular complexity index is 630. The van der Waals surface area contributed by atoms with Crippen molar-refractivity contribution in [2.45, 2.75) is 32.6 Å². The van der Waals surface area contributed by atoms with Gasteiger partial charge in [-0.1, -0.05) is 6.08 Å². The standard InChI is InChI=1S/C16H26F3N7/c1-5-6-20-15(21-11-14-23-22-13(3)24(14)4)26-9-7-25(8-10-26)12(2)16(17,18)19/h5,12H,1,6-11H2,2-4H3,(H,20,21). The Morgan fingerprint density at radius 1 is 1.31 bits per heavy atom. The van der Waals surface area contributed by atoms with E-state index in [1.54, 1.807) is 6.08 Å². The first kappa shape index (κ1) is 20.2. The van der Waals surface area contributed by atoms with Gasteiger partial charge in [-0.2, -0.15) is 13.2 Å². The Hall–Kier alpha value is -2.10. The number of nitrogens with zero attached hydrogens (tertiary/aromatic N) is 6. The van der Waals surface area contributed by atoms with Gasteiger partial charge in [-0.05, 0) is 13.8 Å². The van der Waals surface area contributed by atoms with Crippen molar-refractivity contribution < 1.29 is 13.2 Å². The van der Waals surface area contributed by atoms with E-state index < -0.39 is 12.2 Å². The third kappa shape index (κ3) is 4.96. The van der Waals surface area contributed by atoms with E-state index in [-0.39, 0.29) is 0 Å². The number of rotatable bonds is 5. The van der Waals surface area contributed by atoms with Gasteiger partial charge in [0.15, 0.2) is 11.8 Å². The molecule has 10 heteroatoms. The van der Waals surface area contributed by atoms with Gasteiger partial charge < -0.3 is 14.8 Å². The monoisotopic (exact) mass is 373 g/mol. The summed E-state index contributed by atoms with van der Waals surface area (Å²) in [5.41, 5.74) is 0. The highest BCUT2D eigenvalue weighted by Crippen LogP contribution is 2.25. The molecule has 0 aromatic carbocycles.